The highest BCUT2D eigenvalue weighted by Crippen LogP contribution is 2.35. The molecular formula is C18H20N2O3. The van der Waals surface area contributed by atoms with E-state index in [0.717, 1.165) is 10.9 Å². The highest BCUT2D eigenvalue weighted by Gasteiger charge is 2.10. The largest absolute Gasteiger partial charge is 0.493 e. The number of nitrogens with two attached hydrogens (primary N) is 1. The van der Waals surface area contributed by atoms with Crippen molar-refractivity contribution in [3.8, 4) is 17.2 Å². The molecule has 23 heavy (non-hydrogen) atoms. The number of ether oxygens (including phenoxy) is 3. The van der Waals surface area contributed by atoms with Gasteiger partial charge in [-0.1, -0.05) is 6.58 Å². The van der Waals surface area contributed by atoms with Gasteiger partial charge in [-0.2, -0.15) is 0 Å². The fourth-order valence-corrected chi connectivity index (χ4v) is 2.03. The Morgan fingerprint density at radius 3 is 2.48 bits per heavy atom. The Bertz CT molecular complexity index is 779. The van der Waals surface area contributed by atoms with Crippen molar-refractivity contribution in [3.63, 3.8) is 0 Å². The van der Waals surface area contributed by atoms with Crippen LogP contribution in [0.5, 0.6) is 17.2 Å². The monoisotopic (exact) mass is 312 g/mol. The Labute approximate surface area is 135 Å². The molecule has 0 fully saturated rings. The average Bonchev–Trinajstić information content (AvgIpc) is 2.58. The Balaban J connectivity index is 2.43. The smallest absolute Gasteiger partial charge is 0.162 e. The maximum Gasteiger partial charge on any atom is 0.162 e. The van der Waals surface area contributed by atoms with Crippen molar-refractivity contribution in [3.05, 3.63) is 60.7 Å². The van der Waals surface area contributed by atoms with Crippen LogP contribution in [0.4, 0.5) is 0 Å². The number of hydrogen-bond acceptors (Lipinski definition) is 5. The second-order valence-corrected chi connectivity index (χ2v) is 4.78. The second-order valence-electron chi connectivity index (χ2n) is 4.78. The topological polar surface area (TPSA) is 66.6 Å². The molecule has 2 N–H and O–H groups in total. The third-order valence-electron chi connectivity index (χ3n) is 3.22. The first-order chi connectivity index (χ1) is 11.1. The Morgan fingerprint density at radius 2 is 1.83 bits per heavy atom. The molecule has 2 rings (SSSR count). The number of allylic oxidation sites excluding steroid dienone is 4. The van der Waals surface area contributed by atoms with Crippen LogP contribution in [-0.2, 0) is 0 Å². The van der Waals surface area contributed by atoms with Gasteiger partial charge >= 0.3 is 0 Å². The number of hydrogen-bond donors (Lipinski definition) is 1. The zero-order chi connectivity index (χ0) is 16.8. The third kappa shape index (κ3) is 3.83. The summed E-state index contributed by atoms with van der Waals surface area (Å²) >= 11 is 0. The number of nitrogens with zero attached hydrogens (tertiary/aromatic N) is 1. The van der Waals surface area contributed by atoms with Crippen molar-refractivity contribution in [2.24, 2.45) is 5.73 Å². The van der Waals surface area contributed by atoms with Crippen LogP contribution in [0.3, 0.4) is 0 Å². The van der Waals surface area contributed by atoms with Crippen molar-refractivity contribution in [2.45, 2.75) is 6.92 Å². The van der Waals surface area contributed by atoms with Gasteiger partial charge in [-0.3, -0.25) is 4.98 Å². The van der Waals surface area contributed by atoms with Gasteiger partial charge in [-0.05, 0) is 37.3 Å². The van der Waals surface area contributed by atoms with Crippen LogP contribution >= 0.6 is 0 Å². The molecule has 0 spiro atoms. The Kier molecular flexibility index (Phi) is 5.25. The molecule has 0 radical (unpaired) electrons. The van der Waals surface area contributed by atoms with Gasteiger partial charge < -0.3 is 19.9 Å². The Morgan fingerprint density at radius 1 is 1.13 bits per heavy atom. The highest BCUT2D eigenvalue weighted by molar-refractivity contribution is 5.88. The lowest BCUT2D eigenvalue weighted by molar-refractivity contribution is 0.355. The fourth-order valence-electron chi connectivity index (χ4n) is 2.03. The minimum atomic E-state index is 0.568. The lowest BCUT2D eigenvalue weighted by Crippen LogP contribution is -1.96. The van der Waals surface area contributed by atoms with Crippen LogP contribution in [0, 0.1) is 0 Å². The first-order valence-electron chi connectivity index (χ1n) is 7.04. The molecule has 5 nitrogen and oxygen atoms in total. The number of rotatable bonds is 6. The van der Waals surface area contributed by atoms with E-state index in [1.165, 1.54) is 0 Å². The van der Waals surface area contributed by atoms with Crippen LogP contribution in [0.15, 0.2) is 60.7 Å². The molecule has 0 bridgehead atoms. The molecule has 0 aliphatic heterocycles. The standard InChI is InChI=1S/C18H20N2O3/c1-5-13(19)7-6-12(2)23-16-8-9-20-15-11-18(22-4)17(21-3)10-14(15)16/h5-11H,1,19H2,2-4H3/b12-6+,13-7+. The third-order valence-corrected chi connectivity index (χ3v) is 3.22. The quantitative estimate of drug-likeness (QED) is 0.652. The van der Waals surface area contributed by atoms with Crippen molar-refractivity contribution >= 4 is 10.9 Å². The van der Waals surface area contributed by atoms with E-state index >= 15 is 0 Å². The predicted molar refractivity (Wildman–Crippen MR) is 91.7 cm³/mol. The normalized spacial score (nSPS) is 12.1. The van der Waals surface area contributed by atoms with Crippen molar-refractivity contribution in [1.29, 1.82) is 0 Å². The molecule has 120 valence electrons. The molecule has 0 saturated heterocycles. The van der Waals surface area contributed by atoms with Gasteiger partial charge in [0.2, 0.25) is 0 Å². The number of pyridine rings is 1. The molecule has 5 heteroatoms. The van der Waals surface area contributed by atoms with E-state index in [2.05, 4.69) is 11.6 Å². The number of aromatic nitrogens is 1. The maximum absolute atomic E-state index is 5.89. The Hall–Kier alpha value is -2.95. The number of methoxy groups -OCH3 is 2. The first kappa shape index (κ1) is 16.4. The van der Waals surface area contributed by atoms with Gasteiger partial charge in [0.15, 0.2) is 11.5 Å². The van der Waals surface area contributed by atoms with Crippen LogP contribution in [0.1, 0.15) is 6.92 Å². The molecule has 1 aromatic heterocycles. The van der Waals surface area contributed by atoms with Gasteiger partial charge in [0.1, 0.15) is 11.5 Å². The average molecular weight is 312 g/mol. The van der Waals surface area contributed by atoms with E-state index < -0.39 is 0 Å². The summed E-state index contributed by atoms with van der Waals surface area (Å²) in [5.74, 6) is 2.61. The first-order valence-corrected chi connectivity index (χ1v) is 7.04. The number of benzene rings is 1. The predicted octanol–water partition coefficient (Wildman–Crippen LogP) is 3.56. The minimum Gasteiger partial charge on any atom is -0.493 e. The summed E-state index contributed by atoms with van der Waals surface area (Å²) in [7, 11) is 3.18. The minimum absolute atomic E-state index is 0.568. The summed E-state index contributed by atoms with van der Waals surface area (Å²) in [6, 6.07) is 5.46. The van der Waals surface area contributed by atoms with Crippen LogP contribution in [-0.4, -0.2) is 19.2 Å². The van der Waals surface area contributed by atoms with Gasteiger partial charge in [0.25, 0.3) is 0 Å². The van der Waals surface area contributed by atoms with Crippen LogP contribution < -0.4 is 19.9 Å². The summed E-state index contributed by atoms with van der Waals surface area (Å²) in [6.07, 6.45) is 6.77. The van der Waals surface area contributed by atoms with Crippen molar-refractivity contribution in [1.82, 2.24) is 4.98 Å². The van der Waals surface area contributed by atoms with Gasteiger partial charge in [0.05, 0.1) is 19.7 Å². The molecule has 0 amide bonds. The SMILES string of the molecule is C=C/C(N)=C\C=C(/C)Oc1ccnc2cc(OC)c(OC)cc12. The summed E-state index contributed by atoms with van der Waals surface area (Å²) < 4.78 is 16.5. The van der Waals surface area contributed by atoms with E-state index in [-0.39, 0.29) is 0 Å². The number of fused-ring (bicyclic) bond motifs is 1. The van der Waals surface area contributed by atoms with E-state index in [1.54, 1.807) is 44.7 Å². The van der Waals surface area contributed by atoms with Crippen LogP contribution in [0.25, 0.3) is 10.9 Å². The van der Waals surface area contributed by atoms with Crippen LogP contribution in [0.2, 0.25) is 0 Å². The summed E-state index contributed by atoms with van der Waals surface area (Å²) in [5.41, 5.74) is 7.00. The van der Waals surface area contributed by atoms with E-state index in [1.807, 2.05) is 19.1 Å². The van der Waals surface area contributed by atoms with Crippen molar-refractivity contribution < 1.29 is 14.2 Å². The van der Waals surface area contributed by atoms with E-state index in [0.29, 0.717) is 28.7 Å². The molecule has 0 aliphatic carbocycles. The van der Waals surface area contributed by atoms with Crippen molar-refractivity contribution in [2.75, 3.05) is 14.2 Å². The molecule has 1 aromatic carbocycles. The maximum atomic E-state index is 5.89. The molecule has 0 aliphatic rings. The molecule has 2 aromatic rings. The summed E-state index contributed by atoms with van der Waals surface area (Å²) in [6.45, 7) is 5.45. The zero-order valence-corrected chi connectivity index (χ0v) is 13.5. The zero-order valence-electron chi connectivity index (χ0n) is 13.5. The highest BCUT2D eigenvalue weighted by atomic mass is 16.5. The summed E-state index contributed by atoms with van der Waals surface area (Å²) in [5, 5.41) is 0.832. The van der Waals surface area contributed by atoms with E-state index in [4.69, 9.17) is 19.9 Å². The molecule has 0 unspecified atom stereocenters. The molecular weight excluding hydrogens is 292 g/mol. The van der Waals surface area contributed by atoms with E-state index in [9.17, 15) is 0 Å². The van der Waals surface area contributed by atoms with Gasteiger partial charge in [0, 0.05) is 23.3 Å². The van der Waals surface area contributed by atoms with Gasteiger partial charge in [-0.25, -0.2) is 0 Å². The lowest BCUT2D eigenvalue weighted by atomic mass is 10.2. The molecule has 0 atom stereocenters. The fraction of sp³-hybridized carbons (Fsp3) is 0.167. The molecule has 1 heterocycles. The second kappa shape index (κ2) is 7.35. The lowest BCUT2D eigenvalue weighted by Gasteiger charge is -2.12. The summed E-state index contributed by atoms with van der Waals surface area (Å²) in [4.78, 5) is 4.34. The molecule has 0 saturated carbocycles. The van der Waals surface area contributed by atoms with Gasteiger partial charge in [-0.15, -0.1) is 0 Å².